The van der Waals surface area contributed by atoms with Crippen molar-refractivity contribution in [3.63, 3.8) is 0 Å². The molecule has 1 aliphatic rings. The molecule has 15 heavy (non-hydrogen) atoms. The van der Waals surface area contributed by atoms with Crippen LogP contribution < -0.4 is 16.4 Å². The van der Waals surface area contributed by atoms with E-state index in [0.717, 1.165) is 19.3 Å². The highest BCUT2D eigenvalue weighted by Gasteiger charge is 2.26. The highest BCUT2D eigenvalue weighted by Crippen LogP contribution is 2.06. The van der Waals surface area contributed by atoms with E-state index in [2.05, 4.69) is 10.6 Å². The Kier molecular flexibility index (Phi) is 5.10. The molecule has 0 unspecified atom stereocenters. The van der Waals surface area contributed by atoms with Crippen LogP contribution in [0.15, 0.2) is 0 Å². The van der Waals surface area contributed by atoms with E-state index in [-0.39, 0.29) is 17.9 Å². The van der Waals surface area contributed by atoms with Gasteiger partial charge in [-0.3, -0.25) is 9.59 Å². The summed E-state index contributed by atoms with van der Waals surface area (Å²) in [7, 11) is 0. The van der Waals surface area contributed by atoms with Crippen molar-refractivity contribution >= 4 is 11.8 Å². The third-order valence-electron chi connectivity index (χ3n) is 2.49. The van der Waals surface area contributed by atoms with Gasteiger partial charge in [0.05, 0.1) is 0 Å². The molecule has 1 saturated heterocycles. The second-order valence-electron chi connectivity index (χ2n) is 3.80. The van der Waals surface area contributed by atoms with E-state index in [0.29, 0.717) is 25.9 Å². The lowest BCUT2D eigenvalue weighted by Crippen LogP contribution is -2.41. The maximum Gasteiger partial charge on any atom is 0.242 e. The Morgan fingerprint density at radius 3 is 2.87 bits per heavy atom. The van der Waals surface area contributed by atoms with Crippen LogP contribution in [0.25, 0.3) is 0 Å². The average molecular weight is 213 g/mol. The average Bonchev–Trinajstić information content (AvgIpc) is 2.64. The fourth-order valence-corrected chi connectivity index (χ4v) is 1.59. The van der Waals surface area contributed by atoms with Gasteiger partial charge in [-0.2, -0.15) is 0 Å². The maximum absolute atomic E-state index is 11.5. The molecule has 0 spiro atoms. The number of hydrogen-bond donors (Lipinski definition) is 3. The van der Waals surface area contributed by atoms with Crippen molar-refractivity contribution in [2.75, 3.05) is 13.1 Å². The van der Waals surface area contributed by atoms with Crippen LogP contribution in [0.2, 0.25) is 0 Å². The Hall–Kier alpha value is -1.10. The topological polar surface area (TPSA) is 84.2 Å². The van der Waals surface area contributed by atoms with E-state index in [9.17, 15) is 9.59 Å². The molecule has 1 aliphatic heterocycles. The molecular formula is C10H19N3O2. The zero-order chi connectivity index (χ0) is 11.1. The zero-order valence-corrected chi connectivity index (χ0v) is 8.92. The Morgan fingerprint density at radius 2 is 2.27 bits per heavy atom. The molecule has 1 atom stereocenters. The SMILES string of the molecule is NCCCCCNC(=O)[C@@H]1CCC(=O)N1. The van der Waals surface area contributed by atoms with Gasteiger partial charge in [-0.1, -0.05) is 6.42 Å². The smallest absolute Gasteiger partial charge is 0.242 e. The van der Waals surface area contributed by atoms with Crippen molar-refractivity contribution in [2.24, 2.45) is 5.73 Å². The molecule has 0 bridgehead atoms. The van der Waals surface area contributed by atoms with Crippen LogP contribution in [-0.2, 0) is 9.59 Å². The molecule has 2 amide bonds. The number of nitrogens with one attached hydrogen (secondary N) is 2. The van der Waals surface area contributed by atoms with E-state index in [4.69, 9.17) is 5.73 Å². The first-order valence-corrected chi connectivity index (χ1v) is 5.51. The van der Waals surface area contributed by atoms with E-state index >= 15 is 0 Å². The van der Waals surface area contributed by atoms with E-state index < -0.39 is 0 Å². The van der Waals surface area contributed by atoms with E-state index in [1.165, 1.54) is 0 Å². The summed E-state index contributed by atoms with van der Waals surface area (Å²) in [6.07, 6.45) is 4.06. The van der Waals surface area contributed by atoms with Crippen LogP contribution in [-0.4, -0.2) is 30.9 Å². The molecule has 0 saturated carbocycles. The first-order valence-electron chi connectivity index (χ1n) is 5.51. The van der Waals surface area contributed by atoms with Crippen LogP contribution >= 0.6 is 0 Å². The summed E-state index contributed by atoms with van der Waals surface area (Å²) < 4.78 is 0. The Balaban J connectivity index is 2.06. The lowest BCUT2D eigenvalue weighted by atomic mass is 10.2. The van der Waals surface area contributed by atoms with Gasteiger partial charge in [0, 0.05) is 13.0 Å². The third kappa shape index (κ3) is 4.29. The second kappa shape index (κ2) is 6.40. The van der Waals surface area contributed by atoms with Gasteiger partial charge < -0.3 is 16.4 Å². The van der Waals surface area contributed by atoms with E-state index in [1.807, 2.05) is 0 Å². The summed E-state index contributed by atoms with van der Waals surface area (Å²) in [6.45, 7) is 1.37. The first kappa shape index (κ1) is 12.0. The molecule has 0 aliphatic carbocycles. The monoisotopic (exact) mass is 213 g/mol. The summed E-state index contributed by atoms with van der Waals surface area (Å²) in [6, 6.07) is -0.313. The number of rotatable bonds is 6. The van der Waals surface area contributed by atoms with Crippen molar-refractivity contribution in [3.05, 3.63) is 0 Å². The molecule has 4 N–H and O–H groups in total. The number of carbonyl (C=O) groups excluding carboxylic acids is 2. The summed E-state index contributed by atoms with van der Waals surface area (Å²) in [5.74, 6) is -0.0909. The van der Waals surface area contributed by atoms with Gasteiger partial charge >= 0.3 is 0 Å². The van der Waals surface area contributed by atoms with Crippen molar-refractivity contribution in [1.29, 1.82) is 0 Å². The summed E-state index contributed by atoms with van der Waals surface area (Å²) in [4.78, 5) is 22.3. The van der Waals surface area contributed by atoms with Gasteiger partial charge in [0.2, 0.25) is 11.8 Å². The fourth-order valence-electron chi connectivity index (χ4n) is 1.59. The summed E-state index contributed by atoms with van der Waals surface area (Å²) >= 11 is 0. The van der Waals surface area contributed by atoms with Gasteiger partial charge in [0.1, 0.15) is 6.04 Å². The largest absolute Gasteiger partial charge is 0.354 e. The maximum atomic E-state index is 11.5. The quantitative estimate of drug-likeness (QED) is 0.520. The Morgan fingerprint density at radius 1 is 1.47 bits per heavy atom. The molecule has 86 valence electrons. The molecule has 0 aromatic carbocycles. The minimum atomic E-state index is -0.313. The highest BCUT2D eigenvalue weighted by atomic mass is 16.2. The molecule has 5 nitrogen and oxygen atoms in total. The molecule has 0 aromatic heterocycles. The first-order chi connectivity index (χ1) is 7.24. The van der Waals surface area contributed by atoms with Gasteiger partial charge in [-0.25, -0.2) is 0 Å². The van der Waals surface area contributed by atoms with Crippen LogP contribution in [0.1, 0.15) is 32.1 Å². The summed E-state index contributed by atoms with van der Waals surface area (Å²) in [5, 5.41) is 5.44. The number of hydrogen-bond acceptors (Lipinski definition) is 3. The lowest BCUT2D eigenvalue weighted by Gasteiger charge is -2.10. The second-order valence-corrected chi connectivity index (χ2v) is 3.80. The number of unbranched alkanes of at least 4 members (excludes halogenated alkanes) is 2. The minimum Gasteiger partial charge on any atom is -0.354 e. The standard InChI is InChI=1S/C10H19N3O2/c11-6-2-1-3-7-12-10(15)8-4-5-9(14)13-8/h8H,1-7,11H2,(H,12,15)(H,13,14)/t8-/m0/s1. The molecule has 1 fully saturated rings. The van der Waals surface area contributed by atoms with Crippen LogP contribution in [0, 0.1) is 0 Å². The molecule has 1 heterocycles. The Labute approximate surface area is 89.8 Å². The molecule has 0 aromatic rings. The Bertz CT molecular complexity index is 231. The highest BCUT2D eigenvalue weighted by molar-refractivity contribution is 5.90. The van der Waals surface area contributed by atoms with Gasteiger partial charge in [-0.05, 0) is 25.8 Å². The zero-order valence-electron chi connectivity index (χ0n) is 8.92. The number of nitrogens with two attached hydrogens (primary N) is 1. The van der Waals surface area contributed by atoms with Crippen molar-refractivity contribution < 1.29 is 9.59 Å². The van der Waals surface area contributed by atoms with Gasteiger partial charge in [0.15, 0.2) is 0 Å². The van der Waals surface area contributed by atoms with Crippen LogP contribution in [0.5, 0.6) is 0 Å². The molecule has 1 rings (SSSR count). The molecule has 5 heteroatoms. The van der Waals surface area contributed by atoms with E-state index in [1.54, 1.807) is 0 Å². The lowest BCUT2D eigenvalue weighted by molar-refractivity contribution is -0.125. The number of amides is 2. The van der Waals surface area contributed by atoms with Crippen molar-refractivity contribution in [2.45, 2.75) is 38.1 Å². The normalized spacial score (nSPS) is 20.1. The summed E-state index contributed by atoms with van der Waals surface area (Å²) in [5.41, 5.74) is 5.35. The van der Waals surface area contributed by atoms with Gasteiger partial charge in [0.25, 0.3) is 0 Å². The van der Waals surface area contributed by atoms with Crippen molar-refractivity contribution in [1.82, 2.24) is 10.6 Å². The number of carbonyl (C=O) groups is 2. The van der Waals surface area contributed by atoms with Crippen LogP contribution in [0.3, 0.4) is 0 Å². The van der Waals surface area contributed by atoms with Crippen molar-refractivity contribution in [3.8, 4) is 0 Å². The molecular weight excluding hydrogens is 194 g/mol. The fraction of sp³-hybridized carbons (Fsp3) is 0.800. The third-order valence-corrected chi connectivity index (χ3v) is 2.49. The minimum absolute atomic E-state index is 0.0294. The van der Waals surface area contributed by atoms with Crippen LogP contribution in [0.4, 0.5) is 0 Å². The van der Waals surface area contributed by atoms with Gasteiger partial charge in [-0.15, -0.1) is 0 Å². The predicted molar refractivity (Wildman–Crippen MR) is 57.1 cm³/mol. The molecule has 0 radical (unpaired) electrons. The predicted octanol–water partition coefficient (Wildman–Crippen LogP) is -0.490.